The van der Waals surface area contributed by atoms with Crippen LogP contribution in [0.4, 0.5) is 11.4 Å². The molecule has 140 valence electrons. The van der Waals surface area contributed by atoms with Crippen LogP contribution >= 0.6 is 11.3 Å². The number of aryl methyl sites for hydroxylation is 1. The fourth-order valence-corrected chi connectivity index (χ4v) is 3.97. The molecule has 0 spiro atoms. The second-order valence-electron chi connectivity index (χ2n) is 6.21. The molecule has 0 radical (unpaired) electrons. The maximum Gasteiger partial charge on any atom is 0.229 e. The maximum absolute atomic E-state index is 12.5. The maximum atomic E-state index is 12.5. The monoisotopic (exact) mass is 380 g/mol. The van der Waals surface area contributed by atoms with E-state index in [4.69, 9.17) is 0 Å². The molecule has 0 saturated carbocycles. The minimum absolute atomic E-state index is 0.0291. The Balaban J connectivity index is 1.65. The Morgan fingerprint density at radius 3 is 2.37 bits per heavy atom. The van der Waals surface area contributed by atoms with Gasteiger partial charge >= 0.3 is 0 Å². The van der Waals surface area contributed by atoms with Crippen LogP contribution in [-0.2, 0) is 11.2 Å². The van der Waals surface area contributed by atoms with Crippen LogP contribution in [0.25, 0.3) is 10.6 Å². The van der Waals surface area contributed by atoms with E-state index in [0.717, 1.165) is 39.9 Å². The van der Waals surface area contributed by atoms with Gasteiger partial charge in [0.25, 0.3) is 0 Å². The number of benzene rings is 1. The fraction of sp³-hybridized carbons (Fsp3) is 0.286. The zero-order valence-corrected chi connectivity index (χ0v) is 16.7. The Morgan fingerprint density at radius 2 is 1.74 bits per heavy atom. The van der Waals surface area contributed by atoms with Crippen molar-refractivity contribution in [1.82, 2.24) is 9.97 Å². The molecule has 0 aliphatic heterocycles. The van der Waals surface area contributed by atoms with E-state index >= 15 is 0 Å². The van der Waals surface area contributed by atoms with Crippen LogP contribution in [0.2, 0.25) is 0 Å². The molecule has 6 heteroatoms. The van der Waals surface area contributed by atoms with Crippen molar-refractivity contribution in [2.24, 2.45) is 0 Å². The first-order valence-corrected chi connectivity index (χ1v) is 9.94. The van der Waals surface area contributed by atoms with Crippen LogP contribution < -0.4 is 10.2 Å². The van der Waals surface area contributed by atoms with E-state index in [-0.39, 0.29) is 5.91 Å². The lowest BCUT2D eigenvalue weighted by Gasteiger charge is -2.21. The number of amides is 1. The van der Waals surface area contributed by atoms with E-state index in [1.165, 1.54) is 5.69 Å². The standard InChI is InChI=1S/C21H24N4OS/c1-4-25(5-2)18-8-6-17(7-9-18)24-20(26)14-19-15(3)23-21(27-19)16-10-12-22-13-11-16/h6-13H,4-5,14H2,1-3H3,(H,24,26). The molecule has 27 heavy (non-hydrogen) atoms. The van der Waals surface area contributed by atoms with E-state index in [2.05, 4.69) is 34.0 Å². The Labute approximate surface area is 164 Å². The van der Waals surface area contributed by atoms with Crippen molar-refractivity contribution in [2.75, 3.05) is 23.3 Å². The quantitative estimate of drug-likeness (QED) is 0.654. The Morgan fingerprint density at radius 1 is 1.07 bits per heavy atom. The number of thiazole rings is 1. The molecule has 0 bridgehead atoms. The number of aromatic nitrogens is 2. The number of carbonyl (C=O) groups is 1. The fourth-order valence-electron chi connectivity index (χ4n) is 2.91. The lowest BCUT2D eigenvalue weighted by molar-refractivity contribution is -0.115. The number of nitrogens with one attached hydrogen (secondary N) is 1. The lowest BCUT2D eigenvalue weighted by Crippen LogP contribution is -2.21. The van der Waals surface area contributed by atoms with Gasteiger partial charge in [0.1, 0.15) is 5.01 Å². The molecule has 0 unspecified atom stereocenters. The summed E-state index contributed by atoms with van der Waals surface area (Å²) in [6, 6.07) is 11.9. The highest BCUT2D eigenvalue weighted by Crippen LogP contribution is 2.28. The van der Waals surface area contributed by atoms with Crippen LogP contribution in [0.1, 0.15) is 24.4 Å². The number of rotatable bonds is 7. The van der Waals surface area contributed by atoms with Gasteiger partial charge in [-0.1, -0.05) is 0 Å². The summed E-state index contributed by atoms with van der Waals surface area (Å²) in [5.74, 6) is -0.0291. The largest absolute Gasteiger partial charge is 0.372 e. The second-order valence-corrected chi connectivity index (χ2v) is 7.29. The van der Waals surface area contributed by atoms with E-state index in [0.29, 0.717) is 6.42 Å². The summed E-state index contributed by atoms with van der Waals surface area (Å²) in [5, 5.41) is 3.90. The summed E-state index contributed by atoms with van der Waals surface area (Å²) in [5.41, 5.74) is 3.90. The first-order valence-electron chi connectivity index (χ1n) is 9.12. The van der Waals surface area contributed by atoms with E-state index in [1.54, 1.807) is 23.7 Å². The second kappa shape index (κ2) is 8.77. The van der Waals surface area contributed by atoms with Gasteiger partial charge in [-0.2, -0.15) is 0 Å². The first kappa shape index (κ1) is 19.0. The van der Waals surface area contributed by atoms with Gasteiger partial charge in [0.15, 0.2) is 0 Å². The normalized spacial score (nSPS) is 10.6. The SMILES string of the molecule is CCN(CC)c1ccc(NC(=O)Cc2sc(-c3ccncc3)nc2C)cc1. The summed E-state index contributed by atoms with van der Waals surface area (Å²) >= 11 is 1.56. The van der Waals surface area contributed by atoms with E-state index in [1.807, 2.05) is 43.3 Å². The van der Waals surface area contributed by atoms with Crippen LogP contribution in [0.5, 0.6) is 0 Å². The zero-order valence-electron chi connectivity index (χ0n) is 15.9. The van der Waals surface area contributed by atoms with Gasteiger partial charge in [-0.3, -0.25) is 9.78 Å². The van der Waals surface area contributed by atoms with Gasteiger partial charge in [0.05, 0.1) is 12.1 Å². The third-order valence-corrected chi connectivity index (χ3v) is 5.63. The molecule has 1 N–H and O–H groups in total. The van der Waals surface area contributed by atoms with Gasteiger partial charge in [0, 0.05) is 47.3 Å². The summed E-state index contributed by atoms with van der Waals surface area (Å²) in [6.07, 6.45) is 3.83. The summed E-state index contributed by atoms with van der Waals surface area (Å²) in [6.45, 7) is 8.15. The topological polar surface area (TPSA) is 58.1 Å². The van der Waals surface area contributed by atoms with Gasteiger partial charge in [-0.15, -0.1) is 11.3 Å². The summed E-state index contributed by atoms with van der Waals surface area (Å²) < 4.78 is 0. The Kier molecular flexibility index (Phi) is 6.19. The molecule has 2 aromatic heterocycles. The smallest absolute Gasteiger partial charge is 0.229 e. The number of anilines is 2. The Bertz CT molecular complexity index is 886. The third-order valence-electron chi connectivity index (χ3n) is 4.42. The predicted octanol–water partition coefficient (Wildman–Crippen LogP) is 4.54. The van der Waals surface area contributed by atoms with Crippen LogP contribution in [0.15, 0.2) is 48.8 Å². The van der Waals surface area contributed by atoms with Crippen LogP contribution in [0.3, 0.4) is 0 Å². The first-order chi connectivity index (χ1) is 13.1. The average Bonchev–Trinajstić information content (AvgIpc) is 3.05. The van der Waals surface area contributed by atoms with E-state index < -0.39 is 0 Å². The molecule has 2 heterocycles. The minimum Gasteiger partial charge on any atom is -0.372 e. The van der Waals surface area contributed by atoms with Gasteiger partial charge in [-0.05, 0) is 57.2 Å². The van der Waals surface area contributed by atoms with E-state index in [9.17, 15) is 4.79 Å². The van der Waals surface area contributed by atoms with Crippen molar-refractivity contribution in [3.8, 4) is 10.6 Å². The van der Waals surface area contributed by atoms with Gasteiger partial charge < -0.3 is 10.2 Å². The number of hydrogen-bond donors (Lipinski definition) is 1. The molecule has 0 aliphatic carbocycles. The molecule has 0 atom stereocenters. The predicted molar refractivity (Wildman–Crippen MR) is 112 cm³/mol. The number of carbonyl (C=O) groups excluding carboxylic acids is 1. The van der Waals surface area contributed by atoms with Crippen molar-refractivity contribution in [2.45, 2.75) is 27.2 Å². The van der Waals surface area contributed by atoms with Crippen molar-refractivity contribution < 1.29 is 4.79 Å². The van der Waals surface area contributed by atoms with Gasteiger partial charge in [-0.25, -0.2) is 4.98 Å². The zero-order chi connectivity index (χ0) is 19.2. The third kappa shape index (κ3) is 4.71. The molecule has 0 saturated heterocycles. The highest BCUT2D eigenvalue weighted by atomic mass is 32.1. The van der Waals surface area contributed by atoms with Crippen molar-refractivity contribution >= 4 is 28.6 Å². The number of hydrogen-bond acceptors (Lipinski definition) is 5. The van der Waals surface area contributed by atoms with Crippen molar-refractivity contribution in [1.29, 1.82) is 0 Å². The molecule has 5 nitrogen and oxygen atoms in total. The van der Waals surface area contributed by atoms with Crippen LogP contribution in [0, 0.1) is 6.92 Å². The molecule has 3 rings (SSSR count). The average molecular weight is 381 g/mol. The lowest BCUT2D eigenvalue weighted by atomic mass is 10.2. The molecule has 0 fully saturated rings. The highest BCUT2D eigenvalue weighted by molar-refractivity contribution is 7.15. The molecule has 1 amide bonds. The Hall–Kier alpha value is -2.73. The molecular formula is C21H24N4OS. The summed E-state index contributed by atoms with van der Waals surface area (Å²) in [4.78, 5) is 24.3. The molecule has 0 aliphatic rings. The van der Waals surface area contributed by atoms with Gasteiger partial charge in [0.2, 0.25) is 5.91 Å². The van der Waals surface area contributed by atoms with Crippen LogP contribution in [-0.4, -0.2) is 29.0 Å². The molecule has 3 aromatic rings. The van der Waals surface area contributed by atoms with Crippen molar-refractivity contribution in [3.63, 3.8) is 0 Å². The number of nitrogens with zero attached hydrogens (tertiary/aromatic N) is 3. The minimum atomic E-state index is -0.0291. The molecule has 1 aromatic carbocycles. The summed E-state index contributed by atoms with van der Waals surface area (Å²) in [7, 11) is 0. The highest BCUT2D eigenvalue weighted by Gasteiger charge is 2.13. The van der Waals surface area contributed by atoms with Crippen molar-refractivity contribution in [3.05, 3.63) is 59.4 Å². The number of pyridine rings is 1. The molecular weight excluding hydrogens is 356 g/mol.